The van der Waals surface area contributed by atoms with Gasteiger partial charge >= 0.3 is 0 Å². The van der Waals surface area contributed by atoms with Gasteiger partial charge in [0, 0.05) is 32.8 Å². The summed E-state index contributed by atoms with van der Waals surface area (Å²) in [4.78, 5) is 4.00. The highest BCUT2D eigenvalue weighted by Gasteiger charge is 2.39. The standard InChI is InChI=1S/C21H17BrN2O3/c1-11-14-5-12(19-8-23-10-27-19)3-4-17(14)24-20-15-6-13(22)7-18(25-2)21(15)26-9-16(11)20/h3-8,10,16,20,24H,1,9H2,2H3/t16-,20-/m1/s1. The van der Waals surface area contributed by atoms with Gasteiger partial charge in [-0.25, -0.2) is 4.98 Å². The maximum absolute atomic E-state index is 6.08. The molecule has 0 unspecified atom stereocenters. The lowest BCUT2D eigenvalue weighted by molar-refractivity contribution is 0.223. The van der Waals surface area contributed by atoms with E-state index >= 15 is 0 Å². The largest absolute Gasteiger partial charge is 0.493 e. The number of nitrogens with zero attached hydrogens (tertiary/aromatic N) is 1. The van der Waals surface area contributed by atoms with E-state index in [1.54, 1.807) is 13.3 Å². The third kappa shape index (κ3) is 2.55. The van der Waals surface area contributed by atoms with Crippen LogP contribution in [0.5, 0.6) is 11.5 Å². The Balaban J connectivity index is 1.59. The van der Waals surface area contributed by atoms with Crippen molar-refractivity contribution in [2.45, 2.75) is 6.04 Å². The molecule has 0 spiro atoms. The van der Waals surface area contributed by atoms with Crippen molar-refractivity contribution in [2.24, 2.45) is 5.92 Å². The minimum atomic E-state index is 0.0799. The second kappa shape index (κ2) is 6.16. The molecule has 27 heavy (non-hydrogen) atoms. The van der Waals surface area contributed by atoms with E-state index in [0.717, 1.165) is 49.7 Å². The van der Waals surface area contributed by atoms with Crippen molar-refractivity contribution in [3.63, 3.8) is 0 Å². The summed E-state index contributed by atoms with van der Waals surface area (Å²) in [5.74, 6) is 2.40. The number of nitrogens with one attached hydrogen (secondary N) is 1. The zero-order valence-corrected chi connectivity index (χ0v) is 16.2. The molecule has 0 aliphatic carbocycles. The number of oxazole rings is 1. The number of methoxy groups -OCH3 is 1. The number of anilines is 1. The van der Waals surface area contributed by atoms with Crippen LogP contribution in [0.3, 0.4) is 0 Å². The van der Waals surface area contributed by atoms with Crippen LogP contribution in [0.4, 0.5) is 5.69 Å². The smallest absolute Gasteiger partial charge is 0.181 e. The summed E-state index contributed by atoms with van der Waals surface area (Å²) >= 11 is 3.57. The maximum atomic E-state index is 6.08. The van der Waals surface area contributed by atoms with Gasteiger partial charge < -0.3 is 19.2 Å². The normalized spacial score (nSPS) is 20.0. The van der Waals surface area contributed by atoms with Gasteiger partial charge in [-0.05, 0) is 35.9 Å². The number of rotatable bonds is 2. The van der Waals surface area contributed by atoms with Gasteiger partial charge in [0.1, 0.15) is 0 Å². The van der Waals surface area contributed by atoms with Gasteiger partial charge in [-0.2, -0.15) is 0 Å². The van der Waals surface area contributed by atoms with Crippen LogP contribution in [-0.4, -0.2) is 18.7 Å². The third-order valence-corrected chi connectivity index (χ3v) is 5.71. The fraction of sp³-hybridized carbons (Fsp3) is 0.190. The van der Waals surface area contributed by atoms with Gasteiger partial charge in [-0.1, -0.05) is 22.5 Å². The Labute approximate surface area is 165 Å². The van der Waals surface area contributed by atoms with E-state index in [-0.39, 0.29) is 12.0 Å². The molecule has 0 radical (unpaired) electrons. The van der Waals surface area contributed by atoms with Crippen LogP contribution in [0.25, 0.3) is 16.9 Å². The van der Waals surface area contributed by atoms with Crippen molar-refractivity contribution in [1.29, 1.82) is 0 Å². The minimum absolute atomic E-state index is 0.0799. The van der Waals surface area contributed by atoms with Gasteiger partial charge in [0.25, 0.3) is 0 Å². The Morgan fingerprint density at radius 2 is 2.19 bits per heavy atom. The van der Waals surface area contributed by atoms with Crippen molar-refractivity contribution in [3.05, 3.63) is 65.1 Å². The molecule has 0 saturated heterocycles. The maximum Gasteiger partial charge on any atom is 0.181 e. The second-order valence-corrected chi connectivity index (χ2v) is 7.63. The average molecular weight is 425 g/mol. The number of hydrogen-bond acceptors (Lipinski definition) is 5. The Morgan fingerprint density at radius 1 is 1.30 bits per heavy atom. The van der Waals surface area contributed by atoms with E-state index in [0.29, 0.717) is 6.61 Å². The van der Waals surface area contributed by atoms with Gasteiger partial charge in [0.05, 0.1) is 26.0 Å². The highest BCUT2D eigenvalue weighted by Crippen LogP contribution is 2.51. The summed E-state index contributed by atoms with van der Waals surface area (Å²) in [5, 5.41) is 3.67. The first-order valence-corrected chi connectivity index (χ1v) is 9.44. The van der Waals surface area contributed by atoms with Crippen molar-refractivity contribution in [3.8, 4) is 22.8 Å². The van der Waals surface area contributed by atoms with Crippen molar-refractivity contribution in [2.75, 3.05) is 19.0 Å². The van der Waals surface area contributed by atoms with Crippen LogP contribution in [0.1, 0.15) is 17.2 Å². The van der Waals surface area contributed by atoms with Gasteiger partial charge in [0.15, 0.2) is 23.7 Å². The Kier molecular flexibility index (Phi) is 3.75. The van der Waals surface area contributed by atoms with Crippen LogP contribution in [0, 0.1) is 5.92 Å². The SMILES string of the molecule is C=C1c2cc(-c3cnco3)ccc2N[C@@H]2c3cc(Br)cc(OC)c3OC[C@H]12. The molecule has 1 aromatic heterocycles. The molecule has 6 heteroatoms. The Hall–Kier alpha value is -2.73. The average Bonchev–Trinajstić information content (AvgIpc) is 3.22. The summed E-state index contributed by atoms with van der Waals surface area (Å²) < 4.78 is 18.0. The molecule has 2 aliphatic heterocycles. The van der Waals surface area contributed by atoms with E-state index in [9.17, 15) is 0 Å². The van der Waals surface area contributed by atoms with E-state index in [1.807, 2.05) is 12.1 Å². The number of aromatic nitrogens is 1. The Morgan fingerprint density at radius 3 is 2.96 bits per heavy atom. The summed E-state index contributed by atoms with van der Waals surface area (Å²) in [6.45, 7) is 4.94. The van der Waals surface area contributed by atoms with Gasteiger partial charge in [0.2, 0.25) is 0 Å². The van der Waals surface area contributed by atoms with Gasteiger partial charge in [-0.15, -0.1) is 0 Å². The van der Waals surface area contributed by atoms with Gasteiger partial charge in [-0.3, -0.25) is 0 Å². The first-order valence-electron chi connectivity index (χ1n) is 8.64. The topological polar surface area (TPSA) is 56.5 Å². The second-order valence-electron chi connectivity index (χ2n) is 6.72. The molecule has 3 heterocycles. The lowest BCUT2D eigenvalue weighted by atomic mass is 9.78. The Bertz CT molecular complexity index is 1050. The molecule has 0 saturated carbocycles. The van der Waals surface area contributed by atoms with E-state index in [2.05, 4.69) is 51.0 Å². The first-order chi connectivity index (χ1) is 13.2. The lowest BCUT2D eigenvalue weighted by Crippen LogP contribution is -2.35. The van der Waals surface area contributed by atoms with Crippen LogP contribution < -0.4 is 14.8 Å². The molecule has 1 N–H and O–H groups in total. The summed E-state index contributed by atoms with van der Waals surface area (Å²) in [6, 6.07) is 10.3. The first kappa shape index (κ1) is 16.4. The number of benzene rings is 2. The monoisotopic (exact) mass is 424 g/mol. The molecule has 5 rings (SSSR count). The zero-order valence-electron chi connectivity index (χ0n) is 14.7. The van der Waals surface area contributed by atoms with Crippen LogP contribution in [0.2, 0.25) is 0 Å². The molecule has 2 aromatic carbocycles. The molecule has 2 atom stereocenters. The summed E-state index contributed by atoms with van der Waals surface area (Å²) in [7, 11) is 1.66. The highest BCUT2D eigenvalue weighted by atomic mass is 79.9. The molecule has 2 aliphatic rings. The van der Waals surface area contributed by atoms with Crippen molar-refractivity contribution >= 4 is 27.2 Å². The fourth-order valence-electron chi connectivity index (χ4n) is 3.91. The van der Waals surface area contributed by atoms with E-state index < -0.39 is 0 Å². The van der Waals surface area contributed by atoms with Crippen LogP contribution in [0.15, 0.2) is 58.4 Å². The number of ether oxygens (including phenoxy) is 2. The van der Waals surface area contributed by atoms with Crippen LogP contribution in [-0.2, 0) is 0 Å². The predicted molar refractivity (Wildman–Crippen MR) is 107 cm³/mol. The molecular weight excluding hydrogens is 408 g/mol. The molecule has 0 fully saturated rings. The molecule has 5 nitrogen and oxygen atoms in total. The molecule has 0 amide bonds. The zero-order chi connectivity index (χ0) is 18.5. The third-order valence-electron chi connectivity index (χ3n) is 5.25. The summed E-state index contributed by atoms with van der Waals surface area (Å²) in [5.41, 5.74) is 5.24. The fourth-order valence-corrected chi connectivity index (χ4v) is 4.36. The predicted octanol–water partition coefficient (Wildman–Crippen LogP) is 5.30. The number of hydrogen-bond donors (Lipinski definition) is 1. The molecule has 0 bridgehead atoms. The number of fused-ring (bicyclic) bond motifs is 4. The molecule has 3 aromatic rings. The van der Waals surface area contributed by atoms with E-state index in [4.69, 9.17) is 13.9 Å². The quantitative estimate of drug-likeness (QED) is 0.604. The summed E-state index contributed by atoms with van der Waals surface area (Å²) in [6.07, 6.45) is 3.16. The van der Waals surface area contributed by atoms with E-state index in [1.165, 1.54) is 6.39 Å². The number of halogens is 1. The minimum Gasteiger partial charge on any atom is -0.493 e. The lowest BCUT2D eigenvalue weighted by Gasteiger charge is -2.40. The molecular formula is C21H17BrN2O3. The molecule has 136 valence electrons. The van der Waals surface area contributed by atoms with Crippen LogP contribution >= 0.6 is 15.9 Å². The van der Waals surface area contributed by atoms with Crippen molar-refractivity contribution < 1.29 is 13.9 Å². The van der Waals surface area contributed by atoms with Crippen molar-refractivity contribution in [1.82, 2.24) is 4.98 Å². The highest BCUT2D eigenvalue weighted by molar-refractivity contribution is 9.10.